The van der Waals surface area contributed by atoms with Crippen LogP contribution in [0.5, 0.6) is 0 Å². The van der Waals surface area contributed by atoms with E-state index in [-0.39, 0.29) is 38.6 Å². The van der Waals surface area contributed by atoms with Gasteiger partial charge in [0.1, 0.15) is 6.61 Å². The largest absolute Gasteiger partial charge is 0.472 e. The molecule has 0 aromatic rings. The second-order valence-electron chi connectivity index (χ2n) is 22.0. The van der Waals surface area contributed by atoms with Gasteiger partial charge in [0.15, 0.2) is 6.10 Å². The molecule has 0 aliphatic rings. The third-order valence-electron chi connectivity index (χ3n) is 14.7. The summed E-state index contributed by atoms with van der Waals surface area (Å²) in [5, 5.41) is 0. The van der Waals surface area contributed by atoms with Crippen LogP contribution in [-0.4, -0.2) is 49.3 Å². The second kappa shape index (κ2) is 60.0. The fourth-order valence-corrected chi connectivity index (χ4v) is 10.6. The first-order valence-corrected chi connectivity index (χ1v) is 33.7. The fourth-order valence-electron chi connectivity index (χ4n) is 9.87. The predicted octanol–water partition coefficient (Wildman–Crippen LogP) is 20.4. The predicted molar refractivity (Wildman–Crippen MR) is 312 cm³/mol. The lowest BCUT2D eigenvalue weighted by atomic mass is 10.0. The molecule has 0 spiro atoms. The van der Waals surface area contributed by atoms with Crippen LogP contribution in [0.2, 0.25) is 0 Å². The smallest absolute Gasteiger partial charge is 0.462 e. The maximum Gasteiger partial charge on any atom is 0.472 e. The van der Waals surface area contributed by atoms with Gasteiger partial charge in [0, 0.05) is 19.4 Å². The average Bonchev–Trinajstić information content (AvgIpc) is 3.38. The summed E-state index contributed by atoms with van der Waals surface area (Å²) in [5.74, 6) is -0.803. The molecule has 0 saturated heterocycles. The molecule has 2 unspecified atom stereocenters. The highest BCUT2D eigenvalue weighted by Gasteiger charge is 2.26. The lowest BCUT2D eigenvalue weighted by Crippen LogP contribution is -2.29. The molecule has 10 heteroatoms. The van der Waals surface area contributed by atoms with Crippen molar-refractivity contribution in [2.24, 2.45) is 5.73 Å². The third-order valence-corrected chi connectivity index (χ3v) is 15.6. The summed E-state index contributed by atoms with van der Waals surface area (Å²) in [5.41, 5.74) is 5.39. The number of rotatable bonds is 62. The Bertz CT molecular complexity index is 1200. The van der Waals surface area contributed by atoms with Crippen LogP contribution in [-0.2, 0) is 32.7 Å². The van der Waals surface area contributed by atoms with Crippen molar-refractivity contribution in [2.75, 3.05) is 26.4 Å². The molecule has 0 radical (unpaired) electrons. The van der Waals surface area contributed by atoms with Crippen LogP contribution >= 0.6 is 7.82 Å². The number of phosphoric acid groups is 1. The van der Waals surface area contributed by atoms with Gasteiger partial charge in [-0.05, 0) is 38.5 Å². The van der Waals surface area contributed by atoms with Crippen molar-refractivity contribution in [3.63, 3.8) is 0 Å². The van der Waals surface area contributed by atoms with Gasteiger partial charge in [0.25, 0.3) is 0 Å². The highest BCUT2D eigenvalue weighted by atomic mass is 31.2. The minimum absolute atomic E-state index is 0.0578. The van der Waals surface area contributed by atoms with E-state index in [0.29, 0.717) is 6.42 Å². The summed E-state index contributed by atoms with van der Waals surface area (Å²) < 4.78 is 33.1. The number of carbonyl (C=O) groups is 2. The van der Waals surface area contributed by atoms with Crippen molar-refractivity contribution >= 4 is 19.8 Å². The molecular formula is C63H124NO8P. The number of carbonyl (C=O) groups excluding carboxylic acids is 2. The van der Waals surface area contributed by atoms with Gasteiger partial charge < -0.3 is 20.1 Å². The molecule has 0 amide bonds. The fraction of sp³-hybridized carbons (Fsp3) is 0.937. The van der Waals surface area contributed by atoms with Gasteiger partial charge in [0.2, 0.25) is 0 Å². The average molecular weight is 1050 g/mol. The first-order chi connectivity index (χ1) is 35.8. The van der Waals surface area contributed by atoms with Crippen molar-refractivity contribution in [3.8, 4) is 0 Å². The van der Waals surface area contributed by atoms with Crippen molar-refractivity contribution in [2.45, 2.75) is 354 Å². The molecule has 0 rings (SSSR count). The summed E-state index contributed by atoms with van der Waals surface area (Å²) in [4.78, 5) is 35.2. The molecule has 9 nitrogen and oxygen atoms in total. The minimum atomic E-state index is -4.38. The molecular weight excluding hydrogens is 930 g/mol. The van der Waals surface area contributed by atoms with Gasteiger partial charge in [0.05, 0.1) is 13.2 Å². The van der Waals surface area contributed by atoms with Crippen LogP contribution < -0.4 is 5.73 Å². The zero-order valence-corrected chi connectivity index (χ0v) is 49.6. The maximum atomic E-state index is 12.7. The topological polar surface area (TPSA) is 134 Å². The van der Waals surface area contributed by atoms with Crippen molar-refractivity contribution in [3.05, 3.63) is 12.2 Å². The minimum Gasteiger partial charge on any atom is -0.462 e. The number of allylic oxidation sites excluding steroid dienone is 2. The summed E-state index contributed by atoms with van der Waals surface area (Å²) in [6.07, 6.45) is 70.1. The molecule has 0 bridgehead atoms. The number of phosphoric ester groups is 1. The standard InChI is InChI=1S/C63H124NO8P/c1-3-5-7-9-11-13-15-17-19-21-23-24-25-26-27-28-29-30-31-32-33-34-35-36-38-40-42-44-46-48-50-52-54-56-63(66)72-61(60-71-73(67,68)70-58-57-64)59-69-62(65)55-53-51-49-47-45-43-41-39-37-22-20-18-16-14-12-10-8-6-4-2/h21,23,61H,3-20,22,24-60,64H2,1-2H3,(H,67,68)/b23-21-. The molecule has 73 heavy (non-hydrogen) atoms. The molecule has 0 saturated carbocycles. The summed E-state index contributed by atoms with van der Waals surface area (Å²) >= 11 is 0. The van der Waals surface area contributed by atoms with Gasteiger partial charge in [-0.25, -0.2) is 4.57 Å². The first kappa shape index (κ1) is 71.8. The van der Waals surface area contributed by atoms with Crippen LogP contribution in [0, 0.1) is 0 Å². The number of esters is 2. The monoisotopic (exact) mass is 1050 g/mol. The SMILES string of the molecule is CCCCCCCCCC/C=C\CCCCCCCCCCCCCCCCCCCCCCCC(=O)OC(COC(=O)CCCCCCCCCCCCCCCCCCCCC)COP(=O)(O)OCCN. The van der Waals surface area contributed by atoms with Crippen LogP contribution in [0.4, 0.5) is 0 Å². The van der Waals surface area contributed by atoms with E-state index in [1.807, 2.05) is 0 Å². The van der Waals surface area contributed by atoms with Gasteiger partial charge >= 0.3 is 19.8 Å². The Morgan fingerprint density at radius 1 is 0.397 bits per heavy atom. The van der Waals surface area contributed by atoms with E-state index >= 15 is 0 Å². The Hall–Kier alpha value is -1.25. The normalized spacial score (nSPS) is 13.0. The lowest BCUT2D eigenvalue weighted by Gasteiger charge is -2.19. The van der Waals surface area contributed by atoms with Crippen LogP contribution in [0.3, 0.4) is 0 Å². The number of hydrogen-bond donors (Lipinski definition) is 2. The van der Waals surface area contributed by atoms with E-state index in [4.69, 9.17) is 24.3 Å². The Morgan fingerprint density at radius 3 is 0.973 bits per heavy atom. The molecule has 0 aliphatic carbocycles. The van der Waals surface area contributed by atoms with E-state index in [2.05, 4.69) is 26.0 Å². The third kappa shape index (κ3) is 59.8. The van der Waals surface area contributed by atoms with E-state index in [0.717, 1.165) is 32.1 Å². The van der Waals surface area contributed by atoms with E-state index in [9.17, 15) is 19.0 Å². The van der Waals surface area contributed by atoms with Gasteiger partial charge in [-0.3, -0.25) is 18.6 Å². The van der Waals surface area contributed by atoms with Gasteiger partial charge in [-0.2, -0.15) is 0 Å². The Labute approximate surface area is 453 Å². The van der Waals surface area contributed by atoms with Crippen molar-refractivity contribution < 1.29 is 37.6 Å². The molecule has 0 aromatic carbocycles. The molecule has 434 valence electrons. The van der Waals surface area contributed by atoms with Crippen molar-refractivity contribution in [1.29, 1.82) is 0 Å². The molecule has 0 aliphatic heterocycles. The van der Waals surface area contributed by atoms with Crippen LogP contribution in [0.25, 0.3) is 0 Å². The number of ether oxygens (including phenoxy) is 2. The molecule has 2 atom stereocenters. The molecule has 0 fully saturated rings. The quantitative estimate of drug-likeness (QED) is 0.0264. The van der Waals surface area contributed by atoms with Gasteiger partial charge in [-0.15, -0.1) is 0 Å². The van der Waals surface area contributed by atoms with Crippen molar-refractivity contribution in [1.82, 2.24) is 0 Å². The highest BCUT2D eigenvalue weighted by Crippen LogP contribution is 2.43. The molecule has 3 N–H and O–H groups in total. The number of hydrogen-bond acceptors (Lipinski definition) is 8. The van der Waals surface area contributed by atoms with E-state index < -0.39 is 26.5 Å². The molecule has 0 aromatic heterocycles. The van der Waals surface area contributed by atoms with E-state index in [1.165, 1.54) is 283 Å². The molecule has 0 heterocycles. The Morgan fingerprint density at radius 2 is 0.671 bits per heavy atom. The number of nitrogens with two attached hydrogens (primary N) is 1. The summed E-state index contributed by atoms with van der Waals surface area (Å²) in [6.45, 7) is 3.82. The van der Waals surface area contributed by atoms with Crippen LogP contribution in [0.1, 0.15) is 348 Å². The Balaban J connectivity index is 3.81. The summed E-state index contributed by atoms with van der Waals surface area (Å²) in [7, 11) is -4.38. The lowest BCUT2D eigenvalue weighted by molar-refractivity contribution is -0.161. The Kier molecular flexibility index (Phi) is 59.0. The van der Waals surface area contributed by atoms with E-state index in [1.54, 1.807) is 0 Å². The number of unbranched alkanes of at least 4 members (excludes halogenated alkanes) is 47. The second-order valence-corrected chi connectivity index (χ2v) is 23.4. The van der Waals surface area contributed by atoms with Crippen LogP contribution in [0.15, 0.2) is 12.2 Å². The highest BCUT2D eigenvalue weighted by molar-refractivity contribution is 7.47. The first-order valence-electron chi connectivity index (χ1n) is 32.2. The van der Waals surface area contributed by atoms with Gasteiger partial charge in [-0.1, -0.05) is 309 Å². The zero-order valence-electron chi connectivity index (χ0n) is 48.7. The summed E-state index contributed by atoms with van der Waals surface area (Å²) in [6, 6.07) is 0. The maximum absolute atomic E-state index is 12.7. The zero-order chi connectivity index (χ0) is 53.1.